The molecule has 3 rings (SSSR count). The van der Waals surface area contributed by atoms with Crippen molar-refractivity contribution in [3.63, 3.8) is 0 Å². The highest BCUT2D eigenvalue weighted by molar-refractivity contribution is 7.92. The molecule has 0 saturated carbocycles. The van der Waals surface area contributed by atoms with E-state index in [9.17, 15) is 13.2 Å². The Hall–Kier alpha value is -3.03. The summed E-state index contributed by atoms with van der Waals surface area (Å²) >= 11 is 6.22. The standard InChI is InChI=1S/C22H21ClN2O4S/c1-24(17-9-5-3-6-10-17)22(26)16-25(18-13-14-21(29-2)20(23)15-18)30(27,28)19-11-7-4-8-12-19/h3-15H,16H2,1-2H3. The average molecular weight is 445 g/mol. The third-order valence-corrected chi connectivity index (χ3v) is 6.63. The number of carbonyl (C=O) groups is 1. The zero-order chi connectivity index (χ0) is 21.7. The number of methoxy groups -OCH3 is 1. The number of hydrogen-bond acceptors (Lipinski definition) is 4. The molecular weight excluding hydrogens is 424 g/mol. The van der Waals surface area contributed by atoms with Gasteiger partial charge in [-0.2, -0.15) is 0 Å². The molecule has 156 valence electrons. The summed E-state index contributed by atoms with van der Waals surface area (Å²) in [5, 5.41) is 0.243. The molecule has 0 aliphatic carbocycles. The molecule has 6 nitrogen and oxygen atoms in total. The van der Waals surface area contributed by atoms with E-state index in [-0.39, 0.29) is 15.6 Å². The van der Waals surface area contributed by atoms with Gasteiger partial charge in [-0.3, -0.25) is 9.10 Å². The zero-order valence-corrected chi connectivity index (χ0v) is 18.1. The van der Waals surface area contributed by atoms with Gasteiger partial charge in [0.25, 0.3) is 10.0 Å². The molecule has 0 heterocycles. The first-order chi connectivity index (χ1) is 14.3. The number of likely N-dealkylation sites (N-methyl/N-ethyl adjacent to an activating group) is 1. The van der Waals surface area contributed by atoms with Crippen molar-refractivity contribution in [1.82, 2.24) is 0 Å². The number of ether oxygens (including phenoxy) is 1. The minimum Gasteiger partial charge on any atom is -0.495 e. The smallest absolute Gasteiger partial charge is 0.264 e. The van der Waals surface area contributed by atoms with Gasteiger partial charge in [0.15, 0.2) is 0 Å². The first-order valence-corrected chi connectivity index (χ1v) is 10.9. The molecule has 30 heavy (non-hydrogen) atoms. The maximum absolute atomic E-state index is 13.4. The molecule has 0 aliphatic rings. The van der Waals surface area contributed by atoms with Gasteiger partial charge in [0, 0.05) is 12.7 Å². The molecule has 3 aromatic carbocycles. The van der Waals surface area contributed by atoms with Crippen LogP contribution in [0.15, 0.2) is 83.8 Å². The van der Waals surface area contributed by atoms with Crippen LogP contribution in [0.2, 0.25) is 5.02 Å². The molecule has 0 atom stereocenters. The predicted molar refractivity (Wildman–Crippen MR) is 119 cm³/mol. The van der Waals surface area contributed by atoms with E-state index in [4.69, 9.17) is 16.3 Å². The van der Waals surface area contributed by atoms with Crippen LogP contribution >= 0.6 is 11.6 Å². The Bertz CT molecular complexity index is 1120. The first-order valence-electron chi connectivity index (χ1n) is 9.07. The fraction of sp³-hybridized carbons (Fsp3) is 0.136. The van der Waals surface area contributed by atoms with Gasteiger partial charge in [0.05, 0.1) is 22.7 Å². The van der Waals surface area contributed by atoms with Crippen molar-refractivity contribution in [2.75, 3.05) is 29.9 Å². The van der Waals surface area contributed by atoms with Crippen molar-refractivity contribution >= 4 is 38.9 Å². The van der Waals surface area contributed by atoms with E-state index in [1.807, 2.05) is 6.07 Å². The zero-order valence-electron chi connectivity index (χ0n) is 16.5. The normalized spacial score (nSPS) is 11.0. The monoisotopic (exact) mass is 444 g/mol. The molecule has 1 amide bonds. The third-order valence-electron chi connectivity index (χ3n) is 4.55. The number of anilines is 2. The summed E-state index contributed by atoms with van der Waals surface area (Å²) in [5.74, 6) is 0.0119. The molecule has 0 bridgehead atoms. The Labute approximate surface area is 181 Å². The number of sulfonamides is 1. The van der Waals surface area contributed by atoms with Crippen molar-refractivity contribution in [2.45, 2.75) is 4.90 Å². The Balaban J connectivity index is 2.02. The summed E-state index contributed by atoms with van der Waals surface area (Å²) < 4.78 is 33.0. The molecule has 8 heteroatoms. The van der Waals surface area contributed by atoms with Crippen LogP contribution in [0, 0.1) is 0 Å². The van der Waals surface area contributed by atoms with Crippen LogP contribution < -0.4 is 13.9 Å². The molecule has 0 aromatic heterocycles. The van der Waals surface area contributed by atoms with Gasteiger partial charge in [-0.15, -0.1) is 0 Å². The summed E-state index contributed by atoms with van der Waals surface area (Å²) in [6.45, 7) is -0.398. The van der Waals surface area contributed by atoms with Crippen molar-refractivity contribution < 1.29 is 17.9 Å². The minimum atomic E-state index is -4.01. The molecule has 0 fully saturated rings. The Morgan fingerprint density at radius 2 is 1.53 bits per heavy atom. The van der Waals surface area contributed by atoms with Gasteiger partial charge in [-0.25, -0.2) is 8.42 Å². The van der Waals surface area contributed by atoms with E-state index in [1.54, 1.807) is 61.6 Å². The van der Waals surface area contributed by atoms with Crippen LogP contribution in [0.1, 0.15) is 0 Å². The van der Waals surface area contributed by atoms with Crippen LogP contribution in [0.4, 0.5) is 11.4 Å². The number of benzene rings is 3. The van der Waals surface area contributed by atoms with E-state index in [0.29, 0.717) is 11.4 Å². The number of amides is 1. The molecule has 0 unspecified atom stereocenters. The summed E-state index contributed by atoms with van der Waals surface area (Å²) in [5.41, 5.74) is 0.923. The number of carbonyl (C=O) groups excluding carboxylic acids is 1. The van der Waals surface area contributed by atoms with E-state index in [2.05, 4.69) is 0 Å². The van der Waals surface area contributed by atoms with Crippen LogP contribution in [-0.4, -0.2) is 35.0 Å². The molecule has 0 saturated heterocycles. The Morgan fingerprint density at radius 3 is 2.10 bits per heavy atom. The quantitative estimate of drug-likeness (QED) is 0.547. The van der Waals surface area contributed by atoms with Crippen molar-refractivity contribution in [2.24, 2.45) is 0 Å². The predicted octanol–water partition coefficient (Wildman–Crippen LogP) is 4.21. The lowest BCUT2D eigenvalue weighted by Crippen LogP contribution is -2.41. The topological polar surface area (TPSA) is 66.9 Å². The summed E-state index contributed by atoms with van der Waals surface area (Å²) in [4.78, 5) is 14.5. The summed E-state index contributed by atoms with van der Waals surface area (Å²) in [7, 11) is -0.942. The van der Waals surface area contributed by atoms with Crippen LogP contribution in [-0.2, 0) is 14.8 Å². The van der Waals surface area contributed by atoms with Crippen molar-refractivity contribution in [1.29, 1.82) is 0 Å². The molecule has 0 radical (unpaired) electrons. The van der Waals surface area contributed by atoms with Gasteiger partial charge in [-0.1, -0.05) is 48.0 Å². The largest absolute Gasteiger partial charge is 0.495 e. The second kappa shape index (κ2) is 9.19. The summed E-state index contributed by atoms with van der Waals surface area (Å²) in [6.07, 6.45) is 0. The van der Waals surface area contributed by atoms with Crippen molar-refractivity contribution in [3.8, 4) is 5.75 Å². The fourth-order valence-corrected chi connectivity index (χ4v) is 4.55. The van der Waals surface area contributed by atoms with E-state index in [0.717, 1.165) is 4.31 Å². The van der Waals surface area contributed by atoms with E-state index >= 15 is 0 Å². The third kappa shape index (κ3) is 4.58. The lowest BCUT2D eigenvalue weighted by Gasteiger charge is -2.27. The lowest BCUT2D eigenvalue weighted by molar-refractivity contribution is -0.116. The first kappa shape index (κ1) is 21.7. The molecular formula is C22H21ClN2O4S. The van der Waals surface area contributed by atoms with Gasteiger partial charge in [-0.05, 0) is 42.5 Å². The Kier molecular flexibility index (Phi) is 6.64. The second-order valence-electron chi connectivity index (χ2n) is 6.43. The van der Waals surface area contributed by atoms with Crippen LogP contribution in [0.3, 0.4) is 0 Å². The SMILES string of the molecule is COc1ccc(N(CC(=O)N(C)c2ccccc2)S(=O)(=O)c2ccccc2)cc1Cl. The van der Waals surface area contributed by atoms with E-state index < -0.39 is 22.5 Å². The highest BCUT2D eigenvalue weighted by atomic mass is 35.5. The fourth-order valence-electron chi connectivity index (χ4n) is 2.87. The minimum absolute atomic E-state index is 0.0760. The highest BCUT2D eigenvalue weighted by Gasteiger charge is 2.29. The highest BCUT2D eigenvalue weighted by Crippen LogP contribution is 2.32. The molecule has 3 aromatic rings. The van der Waals surface area contributed by atoms with Gasteiger partial charge in [0.2, 0.25) is 5.91 Å². The van der Waals surface area contributed by atoms with Gasteiger partial charge >= 0.3 is 0 Å². The second-order valence-corrected chi connectivity index (χ2v) is 8.70. The lowest BCUT2D eigenvalue weighted by atomic mass is 10.3. The van der Waals surface area contributed by atoms with Gasteiger partial charge in [0.1, 0.15) is 12.3 Å². The number of nitrogens with zero attached hydrogens (tertiary/aromatic N) is 2. The number of halogens is 1. The summed E-state index contributed by atoms with van der Waals surface area (Å²) in [6, 6.07) is 21.5. The van der Waals surface area contributed by atoms with Crippen molar-refractivity contribution in [3.05, 3.63) is 83.9 Å². The molecule has 0 N–H and O–H groups in total. The van der Waals surface area contributed by atoms with Gasteiger partial charge < -0.3 is 9.64 Å². The average Bonchev–Trinajstić information content (AvgIpc) is 2.77. The maximum Gasteiger partial charge on any atom is 0.264 e. The number of rotatable bonds is 7. The van der Waals surface area contributed by atoms with E-state index in [1.165, 1.54) is 30.2 Å². The maximum atomic E-state index is 13.4. The number of para-hydroxylation sites is 1. The molecule has 0 spiro atoms. The Morgan fingerprint density at radius 1 is 0.933 bits per heavy atom. The number of hydrogen-bond donors (Lipinski definition) is 0. The van der Waals surface area contributed by atoms with Crippen LogP contribution in [0.25, 0.3) is 0 Å². The van der Waals surface area contributed by atoms with Crippen LogP contribution in [0.5, 0.6) is 5.75 Å². The molecule has 0 aliphatic heterocycles.